The fourth-order valence-corrected chi connectivity index (χ4v) is 1.77. The van der Waals surface area contributed by atoms with Crippen LogP contribution >= 0.6 is 0 Å². The van der Waals surface area contributed by atoms with Crippen molar-refractivity contribution in [1.29, 1.82) is 0 Å². The minimum atomic E-state index is 0.0256. The molecular formula is C13H23N3O2. The molecule has 5 heteroatoms. The average molecular weight is 253 g/mol. The zero-order valence-corrected chi connectivity index (χ0v) is 11.5. The Morgan fingerprint density at radius 1 is 1.44 bits per heavy atom. The maximum atomic E-state index is 11.6. The van der Waals surface area contributed by atoms with E-state index in [0.29, 0.717) is 19.4 Å². The fraction of sp³-hybridized carbons (Fsp3) is 0.692. The fourth-order valence-electron chi connectivity index (χ4n) is 1.77. The predicted octanol–water partition coefficient (Wildman–Crippen LogP) is 1.54. The Morgan fingerprint density at radius 3 is 2.72 bits per heavy atom. The van der Waals surface area contributed by atoms with Crippen molar-refractivity contribution in [2.45, 2.75) is 59.0 Å². The molecule has 18 heavy (non-hydrogen) atoms. The van der Waals surface area contributed by atoms with Gasteiger partial charge in [0, 0.05) is 31.0 Å². The monoisotopic (exact) mass is 253 g/mol. The lowest BCUT2D eigenvalue weighted by Gasteiger charge is -2.07. The Hall–Kier alpha value is -1.36. The van der Waals surface area contributed by atoms with Crippen LogP contribution in [0.4, 0.5) is 0 Å². The third-order valence-corrected chi connectivity index (χ3v) is 2.90. The van der Waals surface area contributed by atoms with Crippen LogP contribution in [-0.4, -0.2) is 17.1 Å². The van der Waals surface area contributed by atoms with Gasteiger partial charge in [-0.15, -0.1) is 0 Å². The lowest BCUT2D eigenvalue weighted by molar-refractivity contribution is -0.121. The highest BCUT2D eigenvalue weighted by Gasteiger charge is 2.14. The second kappa shape index (κ2) is 7.16. The molecule has 5 nitrogen and oxygen atoms in total. The Morgan fingerprint density at radius 2 is 2.17 bits per heavy atom. The van der Waals surface area contributed by atoms with Crippen LogP contribution in [0.15, 0.2) is 4.52 Å². The van der Waals surface area contributed by atoms with Gasteiger partial charge in [-0.2, -0.15) is 0 Å². The van der Waals surface area contributed by atoms with Gasteiger partial charge < -0.3 is 15.6 Å². The minimum Gasteiger partial charge on any atom is -0.361 e. The molecule has 1 amide bonds. The van der Waals surface area contributed by atoms with Crippen molar-refractivity contribution in [2.24, 2.45) is 5.73 Å². The van der Waals surface area contributed by atoms with E-state index >= 15 is 0 Å². The third kappa shape index (κ3) is 4.14. The molecule has 3 N–H and O–H groups in total. The topological polar surface area (TPSA) is 81.2 Å². The molecule has 0 aromatic carbocycles. The second-order valence-electron chi connectivity index (χ2n) is 4.53. The summed E-state index contributed by atoms with van der Waals surface area (Å²) in [5, 5.41) is 6.91. The van der Waals surface area contributed by atoms with Gasteiger partial charge >= 0.3 is 0 Å². The van der Waals surface area contributed by atoms with Gasteiger partial charge in [-0.25, -0.2) is 0 Å². The highest BCUT2D eigenvalue weighted by Crippen LogP contribution is 2.15. The normalized spacial score (nSPS) is 12.4. The molecule has 0 aliphatic carbocycles. The maximum absolute atomic E-state index is 11.6. The number of nitrogens with zero attached hydrogens (tertiary/aromatic N) is 1. The molecule has 0 fully saturated rings. The maximum Gasteiger partial charge on any atom is 0.220 e. The predicted molar refractivity (Wildman–Crippen MR) is 70.0 cm³/mol. The Labute approximate surface area is 108 Å². The first kappa shape index (κ1) is 14.7. The number of aromatic nitrogens is 1. The van der Waals surface area contributed by atoms with Crippen LogP contribution in [0.1, 0.15) is 50.6 Å². The molecule has 1 aromatic rings. The van der Waals surface area contributed by atoms with E-state index in [1.807, 2.05) is 20.8 Å². The van der Waals surface area contributed by atoms with Gasteiger partial charge in [0.2, 0.25) is 5.91 Å². The van der Waals surface area contributed by atoms with Crippen molar-refractivity contribution in [3.63, 3.8) is 0 Å². The molecule has 1 aromatic heterocycles. The van der Waals surface area contributed by atoms with Gasteiger partial charge in [0.1, 0.15) is 5.76 Å². The Kier molecular flexibility index (Phi) is 5.85. The molecule has 1 unspecified atom stereocenters. The summed E-state index contributed by atoms with van der Waals surface area (Å²) in [5.74, 6) is 0.886. The van der Waals surface area contributed by atoms with E-state index in [1.54, 1.807) is 0 Å². The molecule has 0 saturated heterocycles. The van der Waals surface area contributed by atoms with E-state index in [2.05, 4.69) is 10.5 Å². The van der Waals surface area contributed by atoms with Gasteiger partial charge in [0.15, 0.2) is 0 Å². The smallest absolute Gasteiger partial charge is 0.220 e. The van der Waals surface area contributed by atoms with Crippen molar-refractivity contribution >= 4 is 5.91 Å². The number of nitrogens with one attached hydrogen (secondary N) is 1. The summed E-state index contributed by atoms with van der Waals surface area (Å²) >= 11 is 0. The Balaban J connectivity index is 2.52. The summed E-state index contributed by atoms with van der Waals surface area (Å²) in [5.41, 5.74) is 7.57. The van der Waals surface area contributed by atoms with E-state index in [4.69, 9.17) is 10.3 Å². The summed E-state index contributed by atoms with van der Waals surface area (Å²) < 4.78 is 5.25. The summed E-state index contributed by atoms with van der Waals surface area (Å²) in [6.45, 7) is 6.44. The van der Waals surface area contributed by atoms with Crippen LogP contribution in [0, 0.1) is 0 Å². The molecule has 0 aliphatic rings. The van der Waals surface area contributed by atoms with Crippen LogP contribution in [0.3, 0.4) is 0 Å². The molecule has 102 valence electrons. The number of carbonyl (C=O) groups is 1. The van der Waals surface area contributed by atoms with Crippen molar-refractivity contribution < 1.29 is 9.32 Å². The van der Waals surface area contributed by atoms with Gasteiger partial charge in [-0.1, -0.05) is 19.0 Å². The van der Waals surface area contributed by atoms with Crippen molar-refractivity contribution in [2.75, 3.05) is 0 Å². The second-order valence-corrected chi connectivity index (χ2v) is 4.53. The lowest BCUT2D eigenvalue weighted by Crippen LogP contribution is -2.26. The number of nitrogens with two attached hydrogens (primary N) is 1. The molecule has 0 radical (unpaired) electrons. The van der Waals surface area contributed by atoms with Gasteiger partial charge in [0.05, 0.1) is 5.69 Å². The van der Waals surface area contributed by atoms with Gasteiger partial charge in [-0.05, 0) is 19.8 Å². The first-order chi connectivity index (χ1) is 8.58. The van der Waals surface area contributed by atoms with Crippen LogP contribution in [0.5, 0.6) is 0 Å². The zero-order valence-electron chi connectivity index (χ0n) is 11.5. The molecule has 1 atom stereocenters. The highest BCUT2D eigenvalue weighted by atomic mass is 16.5. The largest absolute Gasteiger partial charge is 0.361 e. The van der Waals surface area contributed by atoms with E-state index in [9.17, 15) is 4.79 Å². The minimum absolute atomic E-state index is 0.0256. The van der Waals surface area contributed by atoms with Crippen LogP contribution in [0.25, 0.3) is 0 Å². The average Bonchev–Trinajstić information content (AvgIpc) is 2.75. The Bertz CT molecular complexity index is 364. The van der Waals surface area contributed by atoms with Crippen molar-refractivity contribution in [3.05, 3.63) is 17.0 Å². The van der Waals surface area contributed by atoms with E-state index in [-0.39, 0.29) is 11.9 Å². The summed E-state index contributed by atoms with van der Waals surface area (Å²) in [6.07, 6.45) is 2.77. The number of carbonyl (C=O) groups excluding carboxylic acids is 1. The lowest BCUT2D eigenvalue weighted by atomic mass is 10.1. The molecule has 1 heterocycles. The summed E-state index contributed by atoms with van der Waals surface area (Å²) in [6, 6.07) is 0.0590. The number of hydrogen-bond donors (Lipinski definition) is 2. The number of amides is 1. The van der Waals surface area contributed by atoms with Crippen LogP contribution in [0.2, 0.25) is 0 Å². The molecule has 0 bridgehead atoms. The molecule has 1 rings (SSSR count). The van der Waals surface area contributed by atoms with Crippen molar-refractivity contribution in [3.8, 4) is 0 Å². The molecular weight excluding hydrogens is 230 g/mol. The molecule has 0 saturated carbocycles. The number of rotatable bonds is 7. The first-order valence-corrected chi connectivity index (χ1v) is 6.57. The first-order valence-electron chi connectivity index (χ1n) is 6.57. The highest BCUT2D eigenvalue weighted by molar-refractivity contribution is 5.75. The van der Waals surface area contributed by atoms with Gasteiger partial charge in [-0.3, -0.25) is 4.79 Å². The van der Waals surface area contributed by atoms with Gasteiger partial charge in [0.25, 0.3) is 0 Å². The molecule has 0 spiro atoms. The summed E-state index contributed by atoms with van der Waals surface area (Å²) in [7, 11) is 0. The van der Waals surface area contributed by atoms with E-state index in [0.717, 1.165) is 29.9 Å². The van der Waals surface area contributed by atoms with Crippen LogP contribution < -0.4 is 11.1 Å². The van der Waals surface area contributed by atoms with Crippen molar-refractivity contribution in [1.82, 2.24) is 10.5 Å². The molecule has 0 aliphatic heterocycles. The van der Waals surface area contributed by atoms with E-state index in [1.165, 1.54) is 0 Å². The summed E-state index contributed by atoms with van der Waals surface area (Å²) in [4.78, 5) is 11.6. The number of hydrogen-bond acceptors (Lipinski definition) is 4. The zero-order chi connectivity index (χ0) is 13.5. The van der Waals surface area contributed by atoms with E-state index < -0.39 is 0 Å². The standard InChI is InChI=1S/C13H23N3O2/c1-4-11-10(12(5-2)18-16-11)8-15-13(17)7-6-9(3)14/h9H,4-8,14H2,1-3H3,(H,15,17). The van der Waals surface area contributed by atoms with Crippen LogP contribution in [-0.2, 0) is 24.2 Å². The quantitative estimate of drug-likeness (QED) is 0.772. The SMILES string of the molecule is CCc1noc(CC)c1CNC(=O)CCC(C)N. The third-order valence-electron chi connectivity index (χ3n) is 2.90. The number of aryl methyl sites for hydroxylation is 2.